The van der Waals surface area contributed by atoms with Gasteiger partial charge in [0.2, 0.25) is 0 Å². The number of aromatic nitrogens is 2. The molecule has 0 aliphatic heterocycles. The molecule has 3 nitrogen and oxygen atoms in total. The molecule has 0 saturated heterocycles. The minimum atomic E-state index is -0.931. The number of benzene rings is 1. The Bertz CT molecular complexity index is 801. The molecule has 0 saturated carbocycles. The first kappa shape index (κ1) is 13.3. The molecule has 3 rings (SSSR count). The third-order valence-corrected chi connectivity index (χ3v) is 3.61. The van der Waals surface area contributed by atoms with Gasteiger partial charge in [-0.15, -0.1) is 0 Å². The average Bonchev–Trinajstić information content (AvgIpc) is 2.81. The van der Waals surface area contributed by atoms with Crippen molar-refractivity contribution in [2.24, 2.45) is 0 Å². The Morgan fingerprint density at radius 1 is 1.15 bits per heavy atom. The molecule has 0 aliphatic carbocycles. The molecule has 0 amide bonds. The highest BCUT2D eigenvalue weighted by Gasteiger charge is 2.15. The van der Waals surface area contributed by atoms with E-state index in [4.69, 9.17) is 4.74 Å². The van der Waals surface area contributed by atoms with Crippen LogP contribution in [-0.4, -0.2) is 17.1 Å². The highest BCUT2D eigenvalue weighted by molar-refractivity contribution is 14.1. The minimum Gasteiger partial charge on any atom is -0.496 e. The molecule has 102 valence electrons. The molecule has 0 bridgehead atoms. The van der Waals surface area contributed by atoms with Crippen LogP contribution in [-0.2, 0) is 0 Å². The van der Waals surface area contributed by atoms with Crippen LogP contribution in [0.2, 0.25) is 0 Å². The summed E-state index contributed by atoms with van der Waals surface area (Å²) in [5, 5.41) is 0.834. The third kappa shape index (κ3) is 2.13. The summed E-state index contributed by atoms with van der Waals surface area (Å²) in [6.45, 7) is 0. The predicted octanol–water partition coefficient (Wildman–Crippen LogP) is 4.12. The number of hydrogen-bond acceptors (Lipinski definition) is 2. The summed E-state index contributed by atoms with van der Waals surface area (Å²) in [6.07, 6.45) is 1.62. The maximum Gasteiger partial charge on any atom is 0.162 e. The number of H-pyrrole nitrogens is 1. The normalized spacial score (nSPS) is 11.0. The molecular weight excluding hydrogens is 377 g/mol. The van der Waals surface area contributed by atoms with E-state index in [0.717, 1.165) is 26.8 Å². The SMILES string of the molecule is COc1cc(F)c(F)cc1-c1ccnc2[nH]c(I)cc12. The fraction of sp³-hybridized carbons (Fsp3) is 0.0714. The number of fused-ring (bicyclic) bond motifs is 1. The lowest BCUT2D eigenvalue weighted by molar-refractivity contribution is 0.408. The van der Waals surface area contributed by atoms with Gasteiger partial charge in [0.1, 0.15) is 11.4 Å². The van der Waals surface area contributed by atoms with E-state index in [0.29, 0.717) is 11.2 Å². The average molecular weight is 386 g/mol. The summed E-state index contributed by atoms with van der Waals surface area (Å²) in [7, 11) is 1.43. The molecule has 0 unspecified atom stereocenters. The fourth-order valence-corrected chi connectivity index (χ4v) is 2.70. The predicted molar refractivity (Wildman–Crippen MR) is 80.7 cm³/mol. The van der Waals surface area contributed by atoms with E-state index in [1.807, 2.05) is 6.07 Å². The number of nitrogens with one attached hydrogen (secondary N) is 1. The molecule has 0 radical (unpaired) electrons. The Morgan fingerprint density at radius 2 is 1.90 bits per heavy atom. The standard InChI is InChI=1S/C14H9F2IN2O/c1-20-12-6-11(16)10(15)4-8(12)7-2-3-18-14-9(7)5-13(17)19-14/h2-6H,1H3,(H,18,19). The van der Waals surface area contributed by atoms with Crippen molar-refractivity contribution in [1.29, 1.82) is 0 Å². The Labute approximate surface area is 127 Å². The number of aromatic amines is 1. The van der Waals surface area contributed by atoms with E-state index in [2.05, 4.69) is 32.6 Å². The van der Waals surface area contributed by atoms with Crippen LogP contribution in [0.5, 0.6) is 5.75 Å². The van der Waals surface area contributed by atoms with Crippen molar-refractivity contribution in [3.63, 3.8) is 0 Å². The number of ether oxygens (including phenoxy) is 1. The van der Waals surface area contributed by atoms with Gasteiger partial charge in [-0.05, 0) is 46.4 Å². The van der Waals surface area contributed by atoms with Crippen LogP contribution in [0, 0.1) is 15.3 Å². The summed E-state index contributed by atoms with van der Waals surface area (Å²) < 4.78 is 32.9. The van der Waals surface area contributed by atoms with Crippen LogP contribution in [0.1, 0.15) is 0 Å². The van der Waals surface area contributed by atoms with Crippen LogP contribution in [0.25, 0.3) is 22.2 Å². The summed E-state index contributed by atoms with van der Waals surface area (Å²) in [4.78, 5) is 7.31. The largest absolute Gasteiger partial charge is 0.496 e. The lowest BCUT2D eigenvalue weighted by Gasteiger charge is -2.10. The molecule has 6 heteroatoms. The summed E-state index contributed by atoms with van der Waals surface area (Å²) in [6, 6.07) is 5.84. The van der Waals surface area contributed by atoms with Gasteiger partial charge in [-0.2, -0.15) is 0 Å². The van der Waals surface area contributed by atoms with Crippen molar-refractivity contribution in [3.05, 3.63) is 45.8 Å². The first-order valence-electron chi connectivity index (χ1n) is 5.77. The molecule has 0 aliphatic rings. The monoisotopic (exact) mass is 386 g/mol. The van der Waals surface area contributed by atoms with Gasteiger partial charge in [-0.25, -0.2) is 13.8 Å². The van der Waals surface area contributed by atoms with Crippen molar-refractivity contribution >= 4 is 33.6 Å². The highest BCUT2D eigenvalue weighted by atomic mass is 127. The molecule has 20 heavy (non-hydrogen) atoms. The Kier molecular flexibility index (Phi) is 3.33. The van der Waals surface area contributed by atoms with Crippen LogP contribution < -0.4 is 4.74 Å². The van der Waals surface area contributed by atoms with Crippen molar-refractivity contribution in [2.75, 3.05) is 7.11 Å². The molecule has 2 heterocycles. The van der Waals surface area contributed by atoms with Crippen molar-refractivity contribution < 1.29 is 13.5 Å². The van der Waals surface area contributed by atoms with E-state index in [1.54, 1.807) is 12.3 Å². The van der Waals surface area contributed by atoms with Gasteiger partial charge in [0.15, 0.2) is 11.6 Å². The number of hydrogen-bond donors (Lipinski definition) is 1. The molecule has 1 N–H and O–H groups in total. The Hall–Kier alpha value is -1.70. The molecule has 2 aromatic heterocycles. The van der Waals surface area contributed by atoms with Gasteiger partial charge in [-0.3, -0.25) is 0 Å². The van der Waals surface area contributed by atoms with E-state index >= 15 is 0 Å². The Morgan fingerprint density at radius 3 is 2.65 bits per heavy atom. The van der Waals surface area contributed by atoms with E-state index in [-0.39, 0.29) is 5.75 Å². The highest BCUT2D eigenvalue weighted by Crippen LogP contribution is 2.36. The maximum absolute atomic E-state index is 13.5. The first-order chi connectivity index (χ1) is 9.60. The van der Waals surface area contributed by atoms with Gasteiger partial charge in [0.05, 0.1) is 10.8 Å². The van der Waals surface area contributed by atoms with Crippen molar-refractivity contribution in [3.8, 4) is 16.9 Å². The van der Waals surface area contributed by atoms with E-state index < -0.39 is 11.6 Å². The van der Waals surface area contributed by atoms with E-state index in [1.165, 1.54) is 7.11 Å². The minimum absolute atomic E-state index is 0.285. The number of rotatable bonds is 2. The smallest absolute Gasteiger partial charge is 0.162 e. The molecule has 0 atom stereocenters. The van der Waals surface area contributed by atoms with Crippen molar-refractivity contribution in [2.45, 2.75) is 0 Å². The number of nitrogens with zero attached hydrogens (tertiary/aromatic N) is 1. The quantitative estimate of drug-likeness (QED) is 0.673. The zero-order valence-corrected chi connectivity index (χ0v) is 12.5. The number of halogens is 3. The topological polar surface area (TPSA) is 37.9 Å². The lowest BCUT2D eigenvalue weighted by Crippen LogP contribution is -1.93. The molecule has 3 aromatic rings. The molecule has 0 fully saturated rings. The zero-order valence-electron chi connectivity index (χ0n) is 10.4. The second-order valence-corrected chi connectivity index (χ2v) is 5.37. The summed E-state index contributed by atoms with van der Waals surface area (Å²) in [5.74, 6) is -1.55. The summed E-state index contributed by atoms with van der Waals surface area (Å²) >= 11 is 2.14. The van der Waals surface area contributed by atoms with Crippen LogP contribution >= 0.6 is 22.6 Å². The second kappa shape index (κ2) is 5.01. The maximum atomic E-state index is 13.5. The van der Waals surface area contributed by atoms with Gasteiger partial charge < -0.3 is 9.72 Å². The zero-order chi connectivity index (χ0) is 14.3. The summed E-state index contributed by atoms with van der Waals surface area (Å²) in [5.41, 5.74) is 1.93. The van der Waals surface area contributed by atoms with Gasteiger partial charge in [0, 0.05) is 23.2 Å². The van der Waals surface area contributed by atoms with Gasteiger partial charge in [-0.1, -0.05) is 0 Å². The van der Waals surface area contributed by atoms with E-state index in [9.17, 15) is 8.78 Å². The van der Waals surface area contributed by atoms with Crippen molar-refractivity contribution in [1.82, 2.24) is 9.97 Å². The third-order valence-electron chi connectivity index (χ3n) is 3.03. The second-order valence-electron chi connectivity index (χ2n) is 4.20. The molecule has 0 spiro atoms. The number of pyridine rings is 1. The van der Waals surface area contributed by atoms with Crippen LogP contribution in [0.4, 0.5) is 8.78 Å². The van der Waals surface area contributed by atoms with Gasteiger partial charge >= 0.3 is 0 Å². The first-order valence-corrected chi connectivity index (χ1v) is 6.84. The van der Waals surface area contributed by atoms with Gasteiger partial charge in [0.25, 0.3) is 0 Å². The fourth-order valence-electron chi connectivity index (χ4n) is 2.14. The molecule has 1 aromatic carbocycles. The number of methoxy groups -OCH3 is 1. The molecular formula is C14H9F2IN2O. The van der Waals surface area contributed by atoms with Crippen LogP contribution in [0.15, 0.2) is 30.5 Å². The lowest BCUT2D eigenvalue weighted by atomic mass is 10.0. The Balaban J connectivity index is 2.33. The van der Waals surface area contributed by atoms with Crippen LogP contribution in [0.3, 0.4) is 0 Å².